The van der Waals surface area contributed by atoms with Crippen molar-refractivity contribution in [2.45, 2.75) is 71.4 Å². The molecule has 15 heteroatoms. The molecular weight excluding hydrogens is 664 g/mol. The molecule has 2 saturated heterocycles. The van der Waals surface area contributed by atoms with E-state index in [4.69, 9.17) is 4.74 Å². The highest BCUT2D eigenvalue weighted by molar-refractivity contribution is 7.88. The SMILES string of the molecule is COc1nc(NC2CCN(Cc3ccc4c(cc(C)n4C[C@H](C)N4CCN(S(C)(=O)=O)CC4)c3C)CC2)c2cc(CC(F)(F)F)sc2n1. The minimum Gasteiger partial charge on any atom is -0.467 e. The van der Waals surface area contributed by atoms with Crippen molar-refractivity contribution in [3.63, 3.8) is 0 Å². The van der Waals surface area contributed by atoms with Crippen molar-refractivity contribution >= 4 is 48.3 Å². The second-order valence-electron chi connectivity index (χ2n) is 13.2. The molecule has 2 aliphatic heterocycles. The van der Waals surface area contributed by atoms with Gasteiger partial charge in [-0.3, -0.25) is 9.80 Å². The Morgan fingerprint density at radius 3 is 2.40 bits per heavy atom. The van der Waals surface area contributed by atoms with Crippen LogP contribution in [0.3, 0.4) is 0 Å². The van der Waals surface area contributed by atoms with Gasteiger partial charge in [-0.2, -0.15) is 27.4 Å². The number of hydrogen-bond donors (Lipinski definition) is 1. The highest BCUT2D eigenvalue weighted by Crippen LogP contribution is 2.35. The first-order chi connectivity index (χ1) is 22.7. The maximum absolute atomic E-state index is 13.1. The standard InChI is InChI=1S/C33H44F3N7O3S2/c1-21-16-27-23(3)24(6-7-29(27)43(21)19-22(2)41-12-14-42(15-13-41)48(5,44)45)20-40-10-8-25(9-11-40)37-30-28-17-26(18-33(34,35)36)47-31(28)39-32(38-30)46-4/h6-7,16-17,22,25H,8-15,18-20H2,1-5H3,(H,37,38,39)/t22-/m0/s1. The van der Waals surface area contributed by atoms with Crippen molar-refractivity contribution < 1.29 is 26.3 Å². The number of nitrogens with one attached hydrogen (secondary N) is 1. The van der Waals surface area contributed by atoms with Crippen LogP contribution in [0.4, 0.5) is 19.0 Å². The molecule has 0 saturated carbocycles. The molecule has 48 heavy (non-hydrogen) atoms. The van der Waals surface area contributed by atoms with E-state index in [1.165, 1.54) is 41.1 Å². The molecule has 0 spiro atoms. The largest absolute Gasteiger partial charge is 0.467 e. The van der Waals surface area contributed by atoms with E-state index in [0.717, 1.165) is 63.4 Å². The van der Waals surface area contributed by atoms with E-state index in [1.54, 1.807) is 10.4 Å². The Labute approximate surface area is 283 Å². The number of aryl methyl sites for hydroxylation is 2. The molecule has 0 amide bonds. The number of benzene rings is 1. The lowest BCUT2D eigenvalue weighted by Gasteiger charge is -2.37. The zero-order chi connectivity index (χ0) is 34.4. The molecule has 0 aliphatic carbocycles. The van der Waals surface area contributed by atoms with Gasteiger partial charge in [-0.15, -0.1) is 11.3 Å². The Hall–Kier alpha value is -2.98. The highest BCUT2D eigenvalue weighted by atomic mass is 32.2. The zero-order valence-corrected chi connectivity index (χ0v) is 29.7. The number of fused-ring (bicyclic) bond motifs is 2. The van der Waals surface area contributed by atoms with E-state index >= 15 is 0 Å². The number of piperazine rings is 1. The van der Waals surface area contributed by atoms with Crippen LogP contribution in [0.5, 0.6) is 6.01 Å². The van der Waals surface area contributed by atoms with E-state index in [9.17, 15) is 21.6 Å². The monoisotopic (exact) mass is 707 g/mol. The van der Waals surface area contributed by atoms with Gasteiger partial charge in [0.1, 0.15) is 10.6 Å². The molecule has 0 unspecified atom stereocenters. The molecule has 262 valence electrons. The first-order valence-electron chi connectivity index (χ1n) is 16.4. The summed E-state index contributed by atoms with van der Waals surface area (Å²) in [7, 11) is -1.70. The van der Waals surface area contributed by atoms with Crippen molar-refractivity contribution in [3.8, 4) is 6.01 Å². The summed E-state index contributed by atoms with van der Waals surface area (Å²) in [6, 6.07) is 8.84. The molecule has 1 N–H and O–H groups in total. The first-order valence-corrected chi connectivity index (χ1v) is 19.0. The second kappa shape index (κ2) is 13.7. The molecule has 5 heterocycles. The number of halogens is 3. The maximum Gasteiger partial charge on any atom is 0.393 e. The Balaban J connectivity index is 1.08. The minimum atomic E-state index is -4.29. The van der Waals surface area contributed by atoms with Crippen LogP contribution < -0.4 is 10.1 Å². The fraction of sp³-hybridized carbons (Fsp3) is 0.576. The Kier molecular flexibility index (Phi) is 9.98. The average molecular weight is 708 g/mol. The lowest BCUT2D eigenvalue weighted by atomic mass is 10.0. The fourth-order valence-electron chi connectivity index (χ4n) is 7.03. The van der Waals surface area contributed by atoms with Gasteiger partial charge in [-0.25, -0.2) is 8.42 Å². The van der Waals surface area contributed by atoms with Crippen LogP contribution in [-0.4, -0.2) is 108 Å². The van der Waals surface area contributed by atoms with Gasteiger partial charge < -0.3 is 14.6 Å². The van der Waals surface area contributed by atoms with Gasteiger partial charge in [0.25, 0.3) is 0 Å². The number of likely N-dealkylation sites (tertiary alicyclic amines) is 1. The van der Waals surface area contributed by atoms with Crippen molar-refractivity contribution in [2.75, 3.05) is 58.0 Å². The molecule has 4 aromatic rings. The summed E-state index contributed by atoms with van der Waals surface area (Å²) < 4.78 is 72.2. The molecule has 1 aromatic carbocycles. The van der Waals surface area contributed by atoms with Crippen LogP contribution in [0.1, 0.15) is 41.5 Å². The number of aromatic nitrogens is 3. The van der Waals surface area contributed by atoms with Crippen LogP contribution >= 0.6 is 11.3 Å². The predicted octanol–water partition coefficient (Wildman–Crippen LogP) is 5.42. The second-order valence-corrected chi connectivity index (χ2v) is 16.3. The molecule has 2 aliphatic rings. The first kappa shape index (κ1) is 34.9. The Bertz CT molecular complexity index is 1880. The minimum absolute atomic E-state index is 0.131. The topological polar surface area (TPSA) is 95.8 Å². The summed E-state index contributed by atoms with van der Waals surface area (Å²) in [5, 5.41) is 5.34. The summed E-state index contributed by atoms with van der Waals surface area (Å²) in [6.07, 6.45) is -2.25. The molecule has 0 bridgehead atoms. The van der Waals surface area contributed by atoms with Crippen LogP contribution in [-0.2, 0) is 29.5 Å². The van der Waals surface area contributed by atoms with E-state index in [-0.39, 0.29) is 23.0 Å². The molecule has 2 fully saturated rings. The summed E-state index contributed by atoms with van der Waals surface area (Å²) >= 11 is 1.02. The molecule has 3 aromatic heterocycles. The fourth-order valence-corrected chi connectivity index (χ4v) is 8.91. The predicted molar refractivity (Wildman–Crippen MR) is 185 cm³/mol. The number of hydrogen-bond acceptors (Lipinski definition) is 9. The lowest BCUT2D eigenvalue weighted by Crippen LogP contribution is -2.51. The third kappa shape index (κ3) is 7.75. The number of ether oxygens (including phenoxy) is 1. The molecule has 1 atom stereocenters. The van der Waals surface area contributed by atoms with E-state index < -0.39 is 22.6 Å². The Morgan fingerprint density at radius 1 is 1.04 bits per heavy atom. The summed E-state index contributed by atoms with van der Waals surface area (Å²) in [6.45, 7) is 12.5. The summed E-state index contributed by atoms with van der Waals surface area (Å²) in [5.41, 5.74) is 5.02. The van der Waals surface area contributed by atoms with Crippen LogP contribution in [0, 0.1) is 13.8 Å². The molecule has 6 rings (SSSR count). The average Bonchev–Trinajstić information content (AvgIpc) is 3.58. The van der Waals surface area contributed by atoms with Crippen molar-refractivity contribution in [3.05, 3.63) is 46.0 Å². The number of piperidine rings is 1. The maximum atomic E-state index is 13.1. The van der Waals surface area contributed by atoms with Crippen molar-refractivity contribution in [1.29, 1.82) is 0 Å². The van der Waals surface area contributed by atoms with Crippen molar-refractivity contribution in [1.82, 2.24) is 28.6 Å². The van der Waals surface area contributed by atoms with Gasteiger partial charge in [-0.1, -0.05) is 6.07 Å². The van der Waals surface area contributed by atoms with E-state index in [0.29, 0.717) is 29.1 Å². The number of anilines is 1. The highest BCUT2D eigenvalue weighted by Gasteiger charge is 2.30. The van der Waals surface area contributed by atoms with E-state index in [1.807, 2.05) is 0 Å². The smallest absolute Gasteiger partial charge is 0.393 e. The zero-order valence-electron chi connectivity index (χ0n) is 28.1. The number of methoxy groups -OCH3 is 1. The number of nitrogens with zero attached hydrogens (tertiary/aromatic N) is 6. The van der Waals surface area contributed by atoms with Crippen LogP contribution in [0.2, 0.25) is 0 Å². The Morgan fingerprint density at radius 2 is 1.75 bits per heavy atom. The van der Waals surface area contributed by atoms with Gasteiger partial charge in [0.05, 0.1) is 25.2 Å². The molecule has 10 nitrogen and oxygen atoms in total. The third-order valence-corrected chi connectivity index (χ3v) is 12.1. The lowest BCUT2D eigenvalue weighted by molar-refractivity contribution is -0.126. The summed E-state index contributed by atoms with van der Waals surface area (Å²) in [5.74, 6) is 0.520. The summed E-state index contributed by atoms with van der Waals surface area (Å²) in [4.78, 5) is 14.3. The number of thiophene rings is 1. The van der Waals surface area contributed by atoms with Gasteiger partial charge in [0.2, 0.25) is 10.0 Å². The molecule has 0 radical (unpaired) electrons. The van der Waals surface area contributed by atoms with Crippen LogP contribution in [0.25, 0.3) is 21.1 Å². The van der Waals surface area contributed by atoms with Gasteiger partial charge in [0, 0.05) is 85.9 Å². The number of rotatable bonds is 10. The van der Waals surface area contributed by atoms with Gasteiger partial charge >= 0.3 is 12.2 Å². The van der Waals surface area contributed by atoms with Crippen LogP contribution in [0.15, 0.2) is 24.3 Å². The third-order valence-electron chi connectivity index (χ3n) is 9.79. The van der Waals surface area contributed by atoms with Gasteiger partial charge in [-0.05, 0) is 62.9 Å². The van der Waals surface area contributed by atoms with Gasteiger partial charge in [0.15, 0.2) is 0 Å². The number of alkyl halides is 3. The van der Waals surface area contributed by atoms with E-state index in [2.05, 4.69) is 68.6 Å². The number of sulfonamides is 1. The molecular formula is C33H44F3N7O3S2. The quantitative estimate of drug-likeness (QED) is 0.234. The normalized spacial score (nSPS) is 18.6. The van der Waals surface area contributed by atoms with Crippen molar-refractivity contribution in [2.24, 2.45) is 0 Å².